The van der Waals surface area contributed by atoms with E-state index in [1.807, 2.05) is 23.0 Å². The van der Waals surface area contributed by atoms with Crippen LogP contribution in [0.25, 0.3) is 10.7 Å². The van der Waals surface area contributed by atoms with E-state index in [2.05, 4.69) is 28.5 Å². The van der Waals surface area contributed by atoms with Crippen LogP contribution in [0.15, 0.2) is 11.2 Å². The molecule has 0 fully saturated rings. The number of carbonyl (C=O) groups excluding carboxylic acids is 1. The number of fused-ring (bicyclic) bond motifs is 1. The second kappa shape index (κ2) is 9.71. The second-order valence-corrected chi connectivity index (χ2v) is 9.01. The number of carbonyl (C=O) groups is 1. The molecule has 2 aromatic heterocycles. The summed E-state index contributed by atoms with van der Waals surface area (Å²) in [5.74, 6) is 2.06. The molecule has 1 aliphatic rings. The number of nitrogens with zero attached hydrogens (tertiary/aromatic N) is 3. The summed E-state index contributed by atoms with van der Waals surface area (Å²) >= 11 is 3.27. The second-order valence-electron chi connectivity index (χ2n) is 6.93. The number of amides is 1. The minimum atomic E-state index is 0.0119. The van der Waals surface area contributed by atoms with E-state index in [-0.39, 0.29) is 5.91 Å². The van der Waals surface area contributed by atoms with Crippen LogP contribution in [0.2, 0.25) is 0 Å². The minimum Gasteiger partial charge on any atom is -0.385 e. The number of thioether (sulfide) groups is 1. The van der Waals surface area contributed by atoms with Crippen molar-refractivity contribution in [2.75, 3.05) is 26.0 Å². The normalized spacial score (nSPS) is 16.3. The lowest BCUT2D eigenvalue weighted by molar-refractivity contribution is -0.118. The lowest BCUT2D eigenvalue weighted by Gasteiger charge is -2.19. The van der Waals surface area contributed by atoms with Crippen molar-refractivity contribution in [3.63, 3.8) is 0 Å². The zero-order valence-electron chi connectivity index (χ0n) is 16.3. The van der Waals surface area contributed by atoms with Crippen LogP contribution in [0.1, 0.15) is 36.6 Å². The molecule has 148 valence electrons. The first kappa shape index (κ1) is 20.4. The molecular formula is C19H28N4O2S2. The molecule has 0 spiro atoms. The zero-order chi connectivity index (χ0) is 19.2. The van der Waals surface area contributed by atoms with Gasteiger partial charge in [0.1, 0.15) is 0 Å². The Labute approximate surface area is 169 Å². The summed E-state index contributed by atoms with van der Waals surface area (Å²) in [6.07, 6.45) is 5.74. The molecule has 1 atom stereocenters. The summed E-state index contributed by atoms with van der Waals surface area (Å²) < 4.78 is 6.98. The molecule has 0 radical (unpaired) electrons. The fraction of sp³-hybridized carbons (Fsp3) is 0.632. The molecule has 1 amide bonds. The summed E-state index contributed by atoms with van der Waals surface area (Å²) in [5.41, 5.74) is 1.49. The van der Waals surface area contributed by atoms with Crippen LogP contribution in [0.3, 0.4) is 0 Å². The molecule has 0 bridgehead atoms. The van der Waals surface area contributed by atoms with Gasteiger partial charge in [-0.15, -0.1) is 21.5 Å². The summed E-state index contributed by atoms with van der Waals surface area (Å²) in [6, 6.07) is 2.29. The number of rotatable bonds is 9. The van der Waals surface area contributed by atoms with E-state index in [1.54, 1.807) is 7.11 Å². The fourth-order valence-electron chi connectivity index (χ4n) is 3.34. The monoisotopic (exact) mass is 408 g/mol. The lowest BCUT2D eigenvalue weighted by atomic mass is 9.87. The Bertz CT molecular complexity index is 772. The van der Waals surface area contributed by atoms with E-state index in [0.717, 1.165) is 23.3 Å². The van der Waals surface area contributed by atoms with Gasteiger partial charge in [0.05, 0.1) is 10.6 Å². The Balaban J connectivity index is 1.59. The molecule has 0 aliphatic heterocycles. The van der Waals surface area contributed by atoms with Crippen molar-refractivity contribution in [2.24, 2.45) is 13.0 Å². The van der Waals surface area contributed by atoms with E-state index in [9.17, 15) is 4.79 Å². The minimum absolute atomic E-state index is 0.0119. The summed E-state index contributed by atoms with van der Waals surface area (Å²) in [6.45, 7) is 3.57. The van der Waals surface area contributed by atoms with Crippen LogP contribution in [0.5, 0.6) is 0 Å². The van der Waals surface area contributed by atoms with E-state index < -0.39 is 0 Å². The summed E-state index contributed by atoms with van der Waals surface area (Å²) in [4.78, 5) is 14.6. The van der Waals surface area contributed by atoms with Crippen molar-refractivity contribution in [1.82, 2.24) is 20.1 Å². The predicted octanol–water partition coefficient (Wildman–Crippen LogP) is 3.30. The molecule has 0 unspecified atom stereocenters. The van der Waals surface area contributed by atoms with Crippen LogP contribution < -0.4 is 5.32 Å². The molecule has 2 heterocycles. The molecule has 1 aliphatic carbocycles. The van der Waals surface area contributed by atoms with Gasteiger partial charge in [0, 0.05) is 32.2 Å². The largest absolute Gasteiger partial charge is 0.385 e. The number of hydrogen-bond acceptors (Lipinski definition) is 6. The van der Waals surface area contributed by atoms with Gasteiger partial charge in [-0.3, -0.25) is 4.79 Å². The maximum atomic E-state index is 11.9. The predicted molar refractivity (Wildman–Crippen MR) is 110 cm³/mol. The molecule has 2 aromatic rings. The highest BCUT2D eigenvalue weighted by Crippen LogP contribution is 2.37. The van der Waals surface area contributed by atoms with Gasteiger partial charge < -0.3 is 14.6 Å². The maximum Gasteiger partial charge on any atom is 0.230 e. The topological polar surface area (TPSA) is 69.0 Å². The Morgan fingerprint density at radius 3 is 3.11 bits per heavy atom. The third kappa shape index (κ3) is 5.12. The van der Waals surface area contributed by atoms with Gasteiger partial charge in [0.25, 0.3) is 0 Å². The average molecular weight is 409 g/mol. The van der Waals surface area contributed by atoms with Gasteiger partial charge in [0.15, 0.2) is 11.0 Å². The molecule has 1 N–H and O–H groups in total. The number of aryl methyl sites for hydroxylation is 1. The highest BCUT2D eigenvalue weighted by Gasteiger charge is 2.22. The third-order valence-electron chi connectivity index (χ3n) is 5.00. The number of nitrogens with one attached hydrogen (secondary N) is 1. The van der Waals surface area contributed by atoms with Gasteiger partial charge in [-0.2, -0.15) is 0 Å². The fourth-order valence-corrected chi connectivity index (χ4v) is 5.31. The van der Waals surface area contributed by atoms with E-state index in [0.29, 0.717) is 18.9 Å². The average Bonchev–Trinajstić information content (AvgIpc) is 3.25. The first-order valence-electron chi connectivity index (χ1n) is 9.52. The van der Waals surface area contributed by atoms with E-state index in [1.165, 1.54) is 52.8 Å². The van der Waals surface area contributed by atoms with Crippen molar-refractivity contribution in [3.05, 3.63) is 16.5 Å². The van der Waals surface area contributed by atoms with Gasteiger partial charge >= 0.3 is 0 Å². The van der Waals surface area contributed by atoms with E-state index >= 15 is 0 Å². The molecule has 0 saturated heterocycles. The van der Waals surface area contributed by atoms with Gasteiger partial charge in [-0.05, 0) is 43.2 Å². The van der Waals surface area contributed by atoms with Crippen molar-refractivity contribution in [3.8, 4) is 10.7 Å². The first-order chi connectivity index (χ1) is 13.1. The molecule has 0 aromatic carbocycles. The van der Waals surface area contributed by atoms with Crippen molar-refractivity contribution in [2.45, 2.75) is 44.2 Å². The smallest absolute Gasteiger partial charge is 0.230 e. The maximum absolute atomic E-state index is 11.9. The number of ether oxygens (including phenoxy) is 1. The molecular weight excluding hydrogens is 380 g/mol. The van der Waals surface area contributed by atoms with Crippen molar-refractivity contribution >= 4 is 29.0 Å². The quantitative estimate of drug-likeness (QED) is 0.509. The third-order valence-corrected chi connectivity index (χ3v) is 7.25. The summed E-state index contributed by atoms with van der Waals surface area (Å²) in [5, 5.41) is 12.3. The van der Waals surface area contributed by atoms with Gasteiger partial charge in [0.2, 0.25) is 5.91 Å². The molecule has 27 heavy (non-hydrogen) atoms. The number of methoxy groups -OCH3 is 1. The Morgan fingerprint density at radius 2 is 2.33 bits per heavy atom. The van der Waals surface area contributed by atoms with Crippen LogP contribution >= 0.6 is 23.1 Å². The molecule has 0 saturated carbocycles. The molecule has 3 rings (SSSR count). The summed E-state index contributed by atoms with van der Waals surface area (Å²) in [7, 11) is 3.64. The Morgan fingerprint density at radius 1 is 1.48 bits per heavy atom. The van der Waals surface area contributed by atoms with Crippen LogP contribution in [0, 0.1) is 5.92 Å². The van der Waals surface area contributed by atoms with Crippen LogP contribution in [-0.4, -0.2) is 46.7 Å². The Kier molecular flexibility index (Phi) is 7.32. The SMILES string of the molecule is CC[C@H]1CCc2sc(-c3nnc(SCC(=O)NCCCOC)n3C)cc2C1. The van der Waals surface area contributed by atoms with Crippen molar-refractivity contribution < 1.29 is 9.53 Å². The highest BCUT2D eigenvalue weighted by molar-refractivity contribution is 7.99. The van der Waals surface area contributed by atoms with E-state index in [4.69, 9.17) is 4.74 Å². The number of thiophene rings is 1. The lowest BCUT2D eigenvalue weighted by Crippen LogP contribution is -2.26. The zero-order valence-corrected chi connectivity index (χ0v) is 17.9. The van der Waals surface area contributed by atoms with Crippen LogP contribution in [-0.2, 0) is 29.4 Å². The molecule has 6 nitrogen and oxygen atoms in total. The Hall–Kier alpha value is -1.38. The highest BCUT2D eigenvalue weighted by atomic mass is 32.2. The number of aromatic nitrogens is 3. The standard InChI is InChI=1S/C19H28N4O2S2/c1-4-13-6-7-15-14(10-13)11-16(27-15)18-21-22-19(23(18)2)26-12-17(24)20-8-5-9-25-3/h11,13H,4-10,12H2,1-3H3,(H,20,24)/t13-/m0/s1. The molecule has 8 heteroatoms. The van der Waals surface area contributed by atoms with Gasteiger partial charge in [-0.1, -0.05) is 25.1 Å². The van der Waals surface area contributed by atoms with Crippen LogP contribution in [0.4, 0.5) is 0 Å². The first-order valence-corrected chi connectivity index (χ1v) is 11.3. The van der Waals surface area contributed by atoms with Crippen molar-refractivity contribution in [1.29, 1.82) is 0 Å². The number of hydrogen-bond donors (Lipinski definition) is 1. The van der Waals surface area contributed by atoms with Gasteiger partial charge in [-0.25, -0.2) is 0 Å².